The third-order valence-electron chi connectivity index (χ3n) is 1.24. The molecule has 0 aliphatic heterocycles. The average molecular weight is 178 g/mol. The molecule has 0 aromatic carbocycles. The Morgan fingerprint density at radius 1 is 1.15 bits per heavy atom. The van der Waals surface area contributed by atoms with Crippen molar-refractivity contribution in [2.24, 2.45) is 0 Å². The van der Waals surface area contributed by atoms with Gasteiger partial charge in [-0.3, -0.25) is 0 Å². The Morgan fingerprint density at radius 3 is 2.31 bits per heavy atom. The summed E-state index contributed by atoms with van der Waals surface area (Å²) in [7, 11) is 0. The molecule has 0 bridgehead atoms. The van der Waals surface area contributed by atoms with Gasteiger partial charge in [-0.1, -0.05) is 36.5 Å². The van der Waals surface area contributed by atoms with Crippen LogP contribution < -0.4 is 0 Å². The van der Waals surface area contributed by atoms with Gasteiger partial charge in [0.05, 0.1) is 0 Å². The second kappa shape index (κ2) is 7.10. The van der Waals surface area contributed by atoms with Crippen molar-refractivity contribution < 1.29 is 9.90 Å². The highest BCUT2D eigenvalue weighted by Gasteiger charge is 1.87. The second-order valence-electron chi connectivity index (χ2n) is 2.50. The zero-order valence-electron chi connectivity index (χ0n) is 7.90. The van der Waals surface area contributed by atoms with E-state index in [1.54, 1.807) is 19.1 Å². The van der Waals surface area contributed by atoms with E-state index in [1.165, 1.54) is 6.08 Å². The van der Waals surface area contributed by atoms with E-state index in [1.807, 2.05) is 31.2 Å². The van der Waals surface area contributed by atoms with Crippen LogP contribution in [0.25, 0.3) is 0 Å². The molecule has 70 valence electrons. The van der Waals surface area contributed by atoms with Crippen LogP contribution in [0, 0.1) is 0 Å². The highest BCUT2D eigenvalue weighted by Crippen LogP contribution is 1.94. The molecule has 0 spiro atoms. The lowest BCUT2D eigenvalue weighted by Crippen LogP contribution is -1.87. The molecule has 0 aromatic heterocycles. The third-order valence-corrected chi connectivity index (χ3v) is 1.24. The van der Waals surface area contributed by atoms with Gasteiger partial charge >= 0.3 is 5.97 Å². The summed E-state index contributed by atoms with van der Waals surface area (Å²) in [5.41, 5.74) is 0.720. The number of hydrogen-bond donors (Lipinski definition) is 1. The van der Waals surface area contributed by atoms with Crippen molar-refractivity contribution in [1.29, 1.82) is 0 Å². The predicted octanol–water partition coefficient (Wildman–Crippen LogP) is 2.71. The molecule has 2 nitrogen and oxygen atoms in total. The van der Waals surface area contributed by atoms with Crippen molar-refractivity contribution in [3.63, 3.8) is 0 Å². The van der Waals surface area contributed by atoms with Crippen LogP contribution in [-0.4, -0.2) is 11.1 Å². The molecule has 0 fully saturated rings. The molecule has 1 N–H and O–H groups in total. The molecule has 0 saturated carbocycles. The van der Waals surface area contributed by atoms with E-state index in [2.05, 4.69) is 0 Å². The molecule has 0 aliphatic rings. The second-order valence-corrected chi connectivity index (χ2v) is 2.50. The zero-order chi connectivity index (χ0) is 10.1. The Morgan fingerprint density at radius 2 is 1.77 bits per heavy atom. The fourth-order valence-corrected chi connectivity index (χ4v) is 0.690. The van der Waals surface area contributed by atoms with Gasteiger partial charge < -0.3 is 5.11 Å². The van der Waals surface area contributed by atoms with Crippen molar-refractivity contribution in [2.45, 2.75) is 13.8 Å². The van der Waals surface area contributed by atoms with Crippen molar-refractivity contribution in [3.8, 4) is 0 Å². The van der Waals surface area contributed by atoms with E-state index in [-0.39, 0.29) is 0 Å². The van der Waals surface area contributed by atoms with Gasteiger partial charge in [0.1, 0.15) is 0 Å². The molecule has 0 aliphatic carbocycles. The number of aliphatic carboxylic acids is 1. The van der Waals surface area contributed by atoms with Gasteiger partial charge in [-0.05, 0) is 19.4 Å². The molecule has 0 heterocycles. The summed E-state index contributed by atoms with van der Waals surface area (Å²) >= 11 is 0. The molecule has 2 heteroatoms. The first-order chi connectivity index (χ1) is 6.16. The summed E-state index contributed by atoms with van der Waals surface area (Å²) in [5.74, 6) is -0.917. The minimum atomic E-state index is -0.917. The Kier molecular flexibility index (Phi) is 6.24. The third kappa shape index (κ3) is 8.34. The van der Waals surface area contributed by atoms with Gasteiger partial charge in [-0.25, -0.2) is 4.79 Å². The van der Waals surface area contributed by atoms with E-state index in [4.69, 9.17) is 5.11 Å². The summed E-state index contributed by atoms with van der Waals surface area (Å²) in [6, 6.07) is 0. The van der Waals surface area contributed by atoms with Gasteiger partial charge in [0, 0.05) is 6.08 Å². The first kappa shape index (κ1) is 11.4. The molecule has 0 rings (SSSR count). The number of carboxylic acids is 1. The van der Waals surface area contributed by atoms with E-state index < -0.39 is 5.97 Å². The van der Waals surface area contributed by atoms with Crippen LogP contribution in [0.5, 0.6) is 0 Å². The number of carbonyl (C=O) groups is 1. The molecular formula is C11H14O2. The topological polar surface area (TPSA) is 37.3 Å². The maximum atomic E-state index is 10.2. The van der Waals surface area contributed by atoms with Gasteiger partial charge in [0.2, 0.25) is 0 Å². The molecule has 0 saturated heterocycles. The largest absolute Gasteiger partial charge is 0.478 e. The van der Waals surface area contributed by atoms with E-state index in [9.17, 15) is 4.79 Å². The van der Waals surface area contributed by atoms with Crippen LogP contribution in [0.4, 0.5) is 0 Å². The summed E-state index contributed by atoms with van der Waals surface area (Å²) in [5, 5.41) is 8.39. The molecule has 0 atom stereocenters. The average Bonchev–Trinajstić information content (AvgIpc) is 2.02. The van der Waals surface area contributed by atoms with Crippen LogP contribution >= 0.6 is 0 Å². The Bertz CT molecular complexity index is 268. The van der Waals surface area contributed by atoms with Crippen LogP contribution in [0.1, 0.15) is 13.8 Å². The predicted molar refractivity (Wildman–Crippen MR) is 54.5 cm³/mol. The maximum Gasteiger partial charge on any atom is 0.328 e. The monoisotopic (exact) mass is 178 g/mol. The number of carboxylic acid groups (broad SMARTS) is 1. The molecule has 0 amide bonds. The highest BCUT2D eigenvalue weighted by molar-refractivity contribution is 5.81. The fraction of sp³-hybridized carbons (Fsp3) is 0.182. The summed E-state index contributed by atoms with van der Waals surface area (Å²) < 4.78 is 0. The van der Waals surface area contributed by atoms with Crippen molar-refractivity contribution in [3.05, 3.63) is 48.1 Å². The van der Waals surface area contributed by atoms with E-state index in [0.717, 1.165) is 5.57 Å². The SMILES string of the molecule is C/C=C/C=C/C=C/C(C)=C\C(=O)O. The Balaban J connectivity index is 4.05. The van der Waals surface area contributed by atoms with Crippen LogP contribution in [0.15, 0.2) is 48.1 Å². The Hall–Kier alpha value is -1.57. The van der Waals surface area contributed by atoms with Crippen LogP contribution in [0.3, 0.4) is 0 Å². The molecule has 0 aromatic rings. The molecule has 13 heavy (non-hydrogen) atoms. The van der Waals surface area contributed by atoms with Crippen LogP contribution in [-0.2, 0) is 4.79 Å². The summed E-state index contributed by atoms with van der Waals surface area (Å²) in [4.78, 5) is 10.2. The number of allylic oxidation sites excluding steroid dienone is 7. The summed E-state index contributed by atoms with van der Waals surface area (Å²) in [6.45, 7) is 3.68. The van der Waals surface area contributed by atoms with Gasteiger partial charge in [0.15, 0.2) is 0 Å². The Labute approximate surface area is 78.6 Å². The lowest BCUT2D eigenvalue weighted by Gasteiger charge is -1.85. The summed E-state index contributed by atoms with van der Waals surface area (Å²) in [6.07, 6.45) is 12.3. The first-order valence-corrected chi connectivity index (χ1v) is 4.04. The lowest BCUT2D eigenvalue weighted by atomic mass is 10.2. The molecule has 0 unspecified atom stereocenters. The standard InChI is InChI=1S/C11H14O2/c1-3-4-5-6-7-8-10(2)9-11(12)13/h3-9H,1-2H3,(H,12,13)/b4-3+,6-5+,8-7+,10-9-. The quantitative estimate of drug-likeness (QED) is 0.531. The minimum absolute atomic E-state index is 0.720. The minimum Gasteiger partial charge on any atom is -0.478 e. The number of rotatable bonds is 4. The fourth-order valence-electron chi connectivity index (χ4n) is 0.690. The van der Waals surface area contributed by atoms with E-state index >= 15 is 0 Å². The lowest BCUT2D eigenvalue weighted by molar-refractivity contribution is -0.131. The van der Waals surface area contributed by atoms with Gasteiger partial charge in [-0.15, -0.1) is 0 Å². The van der Waals surface area contributed by atoms with Crippen LogP contribution in [0.2, 0.25) is 0 Å². The number of hydrogen-bond acceptors (Lipinski definition) is 1. The molecular weight excluding hydrogens is 164 g/mol. The normalized spacial score (nSPS) is 13.5. The van der Waals surface area contributed by atoms with Gasteiger partial charge in [-0.2, -0.15) is 0 Å². The van der Waals surface area contributed by atoms with Gasteiger partial charge in [0.25, 0.3) is 0 Å². The van der Waals surface area contributed by atoms with Crippen molar-refractivity contribution >= 4 is 5.97 Å². The maximum absolute atomic E-state index is 10.2. The smallest absolute Gasteiger partial charge is 0.328 e. The first-order valence-electron chi connectivity index (χ1n) is 4.04. The zero-order valence-corrected chi connectivity index (χ0v) is 7.90. The van der Waals surface area contributed by atoms with E-state index in [0.29, 0.717) is 0 Å². The molecule has 0 radical (unpaired) electrons. The van der Waals surface area contributed by atoms with Crippen molar-refractivity contribution in [2.75, 3.05) is 0 Å². The highest BCUT2D eigenvalue weighted by atomic mass is 16.4. The van der Waals surface area contributed by atoms with Crippen molar-refractivity contribution in [1.82, 2.24) is 0 Å².